The summed E-state index contributed by atoms with van der Waals surface area (Å²) >= 11 is -2.11. The number of aryl methyl sites for hydroxylation is 1. The van der Waals surface area contributed by atoms with E-state index in [9.17, 15) is 8.76 Å². The molecule has 0 saturated heterocycles. The molecule has 0 aromatic heterocycles. The molecule has 0 saturated carbocycles. The van der Waals surface area contributed by atoms with Gasteiger partial charge in [-0.15, -0.1) is 0 Å². The van der Waals surface area contributed by atoms with Crippen molar-refractivity contribution in [3.05, 3.63) is 29.3 Å². The van der Waals surface area contributed by atoms with Gasteiger partial charge in [-0.2, -0.15) is 0 Å². The van der Waals surface area contributed by atoms with Crippen molar-refractivity contribution in [2.24, 2.45) is 0 Å². The maximum absolute atomic E-state index is 10.7. The Bertz CT molecular complexity index is 332. The van der Waals surface area contributed by atoms with Crippen LogP contribution in [-0.2, 0) is 11.1 Å². The van der Waals surface area contributed by atoms with Crippen LogP contribution in [0.2, 0.25) is 0 Å². The van der Waals surface area contributed by atoms with Gasteiger partial charge in [0, 0.05) is 4.90 Å². The third-order valence-electron chi connectivity index (χ3n) is 2.05. The van der Waals surface area contributed by atoms with E-state index in [4.69, 9.17) is 0 Å². The van der Waals surface area contributed by atoms with Gasteiger partial charge in [-0.25, -0.2) is 0 Å². The van der Waals surface area contributed by atoms with Gasteiger partial charge >= 0.3 is 0 Å². The molecular weight excluding hydrogens is 184 g/mol. The van der Waals surface area contributed by atoms with Crippen LogP contribution in [-0.4, -0.2) is 8.76 Å². The lowest BCUT2D eigenvalue weighted by Gasteiger charge is -2.12. The minimum absolute atomic E-state index is 0.393. The van der Waals surface area contributed by atoms with Crippen LogP contribution in [0.4, 0.5) is 0 Å². The summed E-state index contributed by atoms with van der Waals surface area (Å²) in [5.74, 6) is 0.438. The minimum Gasteiger partial charge on any atom is -0.768 e. The SMILES string of the molecule is Cc1cc(C(C)C)ccc1S(=O)[O-]. The normalized spacial score (nSPS) is 13.3. The Balaban J connectivity index is 3.13. The molecule has 0 spiro atoms. The van der Waals surface area contributed by atoms with Gasteiger partial charge in [0.2, 0.25) is 0 Å². The average Bonchev–Trinajstić information content (AvgIpc) is 2.03. The van der Waals surface area contributed by atoms with E-state index in [0.717, 1.165) is 5.56 Å². The van der Waals surface area contributed by atoms with E-state index in [1.165, 1.54) is 5.56 Å². The summed E-state index contributed by atoms with van der Waals surface area (Å²) in [6, 6.07) is 5.45. The Morgan fingerprint density at radius 2 is 2.00 bits per heavy atom. The molecule has 0 aliphatic heterocycles. The summed E-state index contributed by atoms with van der Waals surface area (Å²) in [6.45, 7) is 5.99. The van der Waals surface area contributed by atoms with E-state index in [1.54, 1.807) is 6.07 Å². The van der Waals surface area contributed by atoms with Crippen LogP contribution < -0.4 is 0 Å². The first-order chi connectivity index (χ1) is 6.02. The zero-order valence-corrected chi connectivity index (χ0v) is 8.85. The van der Waals surface area contributed by atoms with Crippen LogP contribution >= 0.6 is 0 Å². The molecule has 1 aromatic carbocycles. The fourth-order valence-electron chi connectivity index (χ4n) is 1.22. The van der Waals surface area contributed by atoms with Gasteiger partial charge in [0.05, 0.1) is 0 Å². The third-order valence-corrected chi connectivity index (χ3v) is 2.86. The lowest BCUT2D eigenvalue weighted by molar-refractivity contribution is 0.536. The smallest absolute Gasteiger partial charge is 0.0278 e. The summed E-state index contributed by atoms with van der Waals surface area (Å²) in [7, 11) is 0. The zero-order valence-electron chi connectivity index (χ0n) is 8.03. The highest BCUT2D eigenvalue weighted by Gasteiger charge is 2.02. The number of hydrogen-bond donors (Lipinski definition) is 0. The van der Waals surface area contributed by atoms with Crippen molar-refractivity contribution in [3.8, 4) is 0 Å². The summed E-state index contributed by atoms with van der Waals surface area (Å²) in [5.41, 5.74) is 1.99. The molecular formula is C10H13O2S-. The van der Waals surface area contributed by atoms with Crippen molar-refractivity contribution in [1.29, 1.82) is 0 Å². The van der Waals surface area contributed by atoms with Gasteiger partial charge in [0.15, 0.2) is 0 Å². The second-order valence-electron chi connectivity index (χ2n) is 3.41. The van der Waals surface area contributed by atoms with Gasteiger partial charge in [0.25, 0.3) is 0 Å². The van der Waals surface area contributed by atoms with Crippen molar-refractivity contribution in [3.63, 3.8) is 0 Å². The van der Waals surface area contributed by atoms with Crippen molar-refractivity contribution >= 4 is 11.1 Å². The Morgan fingerprint density at radius 1 is 1.38 bits per heavy atom. The van der Waals surface area contributed by atoms with Crippen LogP contribution in [0.15, 0.2) is 23.1 Å². The molecule has 1 rings (SSSR count). The Kier molecular flexibility index (Phi) is 3.22. The van der Waals surface area contributed by atoms with E-state index >= 15 is 0 Å². The summed E-state index contributed by atoms with van der Waals surface area (Å²) in [5, 5.41) is 0. The molecule has 1 aromatic rings. The van der Waals surface area contributed by atoms with Gasteiger partial charge in [-0.05, 0) is 41.1 Å². The van der Waals surface area contributed by atoms with Crippen LogP contribution in [0.1, 0.15) is 30.9 Å². The van der Waals surface area contributed by atoms with Crippen molar-refractivity contribution in [2.75, 3.05) is 0 Å². The Morgan fingerprint density at radius 3 is 2.38 bits per heavy atom. The molecule has 0 bridgehead atoms. The van der Waals surface area contributed by atoms with Gasteiger partial charge in [0.1, 0.15) is 0 Å². The second kappa shape index (κ2) is 4.03. The average molecular weight is 197 g/mol. The topological polar surface area (TPSA) is 40.1 Å². The maximum atomic E-state index is 10.7. The fraction of sp³-hybridized carbons (Fsp3) is 0.400. The molecule has 0 aliphatic rings. The Labute approximate surface area is 81.3 Å². The van der Waals surface area contributed by atoms with Crippen molar-refractivity contribution in [1.82, 2.24) is 0 Å². The van der Waals surface area contributed by atoms with Crippen LogP contribution in [0.5, 0.6) is 0 Å². The van der Waals surface area contributed by atoms with Crippen LogP contribution in [0.3, 0.4) is 0 Å². The zero-order chi connectivity index (χ0) is 10.0. The lowest BCUT2D eigenvalue weighted by atomic mass is 10.0. The van der Waals surface area contributed by atoms with Crippen LogP contribution in [0.25, 0.3) is 0 Å². The predicted molar refractivity (Wildman–Crippen MR) is 52.5 cm³/mol. The highest BCUT2D eigenvalue weighted by atomic mass is 32.2. The quantitative estimate of drug-likeness (QED) is 0.683. The van der Waals surface area contributed by atoms with E-state index in [-0.39, 0.29) is 0 Å². The molecule has 72 valence electrons. The molecule has 1 atom stereocenters. The molecule has 2 nitrogen and oxygen atoms in total. The van der Waals surface area contributed by atoms with Crippen LogP contribution in [0, 0.1) is 6.92 Å². The number of rotatable bonds is 2. The van der Waals surface area contributed by atoms with Gasteiger partial charge in [-0.1, -0.05) is 26.0 Å². The summed E-state index contributed by atoms with van der Waals surface area (Å²) < 4.78 is 21.4. The fourth-order valence-corrected chi connectivity index (χ4v) is 1.72. The second-order valence-corrected chi connectivity index (χ2v) is 4.32. The molecule has 0 aliphatic carbocycles. The highest BCUT2D eigenvalue weighted by Crippen LogP contribution is 2.19. The van der Waals surface area contributed by atoms with Gasteiger partial charge < -0.3 is 4.55 Å². The van der Waals surface area contributed by atoms with Gasteiger partial charge in [-0.3, -0.25) is 4.21 Å². The third kappa shape index (κ3) is 2.39. The minimum atomic E-state index is -2.11. The maximum Gasteiger partial charge on any atom is 0.0278 e. The predicted octanol–water partition coefficient (Wildman–Crippen LogP) is 2.36. The number of benzene rings is 1. The van der Waals surface area contributed by atoms with E-state index < -0.39 is 11.1 Å². The largest absolute Gasteiger partial charge is 0.768 e. The molecule has 1 unspecified atom stereocenters. The first kappa shape index (κ1) is 10.4. The van der Waals surface area contributed by atoms with Crippen molar-refractivity contribution < 1.29 is 8.76 Å². The molecule has 0 heterocycles. The van der Waals surface area contributed by atoms with E-state index in [1.807, 2.05) is 19.1 Å². The highest BCUT2D eigenvalue weighted by molar-refractivity contribution is 7.79. The number of hydrogen-bond acceptors (Lipinski definition) is 2. The molecule has 13 heavy (non-hydrogen) atoms. The molecule has 0 radical (unpaired) electrons. The van der Waals surface area contributed by atoms with E-state index in [2.05, 4.69) is 13.8 Å². The molecule has 0 N–H and O–H groups in total. The first-order valence-corrected chi connectivity index (χ1v) is 5.29. The summed E-state index contributed by atoms with van der Waals surface area (Å²) in [4.78, 5) is 0.393. The summed E-state index contributed by atoms with van der Waals surface area (Å²) in [6.07, 6.45) is 0. The molecule has 3 heteroatoms. The van der Waals surface area contributed by atoms with Crippen molar-refractivity contribution in [2.45, 2.75) is 31.6 Å². The van der Waals surface area contributed by atoms with E-state index in [0.29, 0.717) is 10.8 Å². The lowest BCUT2D eigenvalue weighted by Crippen LogP contribution is -1.95. The first-order valence-electron chi connectivity index (χ1n) is 4.22. The monoisotopic (exact) mass is 197 g/mol. The molecule has 0 amide bonds. The standard InChI is InChI=1S/C10H14O2S/c1-7(2)9-4-5-10(13(11)12)8(3)6-9/h4-7H,1-3H3,(H,11,12)/p-1. The molecule has 0 fully saturated rings. The Hall–Kier alpha value is -0.670.